The molecule has 0 saturated heterocycles. The third kappa shape index (κ3) is 7.53. The largest absolute Gasteiger partial charge is 0.490 e. The topological polar surface area (TPSA) is 68.7 Å². The molecule has 0 aliphatic carbocycles. The number of carboxylic acid groups (broad SMARTS) is 1. The summed E-state index contributed by atoms with van der Waals surface area (Å²) in [4.78, 5) is 14.4. The van der Waals surface area contributed by atoms with E-state index in [9.17, 15) is 4.79 Å². The molecule has 5 heteroatoms. The van der Waals surface area contributed by atoms with Gasteiger partial charge in [0.05, 0.1) is 18.5 Å². The highest BCUT2D eigenvalue weighted by Gasteiger charge is 1.97. The van der Waals surface area contributed by atoms with Crippen molar-refractivity contribution < 1.29 is 19.4 Å². The fraction of sp³-hybridized carbons (Fsp3) is 0.467. The van der Waals surface area contributed by atoms with Crippen LogP contribution in [0.5, 0.6) is 5.75 Å². The van der Waals surface area contributed by atoms with Crippen molar-refractivity contribution in [1.82, 2.24) is 4.98 Å². The normalized spacial score (nSPS) is 11.2. The van der Waals surface area contributed by atoms with Gasteiger partial charge in [0.1, 0.15) is 12.4 Å². The lowest BCUT2D eigenvalue weighted by Crippen LogP contribution is -2.08. The number of carbonyl (C=O) groups is 1. The van der Waals surface area contributed by atoms with E-state index in [1.54, 1.807) is 18.3 Å². The van der Waals surface area contributed by atoms with Crippen LogP contribution in [0.3, 0.4) is 0 Å². The lowest BCUT2D eigenvalue weighted by atomic mass is 10.1. The van der Waals surface area contributed by atoms with Crippen LogP contribution in [0.15, 0.2) is 24.4 Å². The predicted octanol–water partition coefficient (Wildman–Crippen LogP) is 2.62. The highest BCUT2D eigenvalue weighted by molar-refractivity contribution is 5.84. The monoisotopic (exact) mass is 279 g/mol. The number of nitrogens with zero attached hydrogens (tertiary/aromatic N) is 1. The summed E-state index contributed by atoms with van der Waals surface area (Å²) in [5.74, 6) is 0.294. The molecule has 1 heterocycles. The molecule has 0 bridgehead atoms. The number of hydrogen-bond acceptors (Lipinski definition) is 4. The van der Waals surface area contributed by atoms with Crippen molar-refractivity contribution >= 4 is 12.0 Å². The minimum atomic E-state index is -0.995. The standard InChI is InChI=1S/C15H21NO4/c1-12(2)7-8-19-9-10-20-14-5-3-13(16-11-14)4-6-15(17)18/h3-6,11-12H,7-10H2,1-2H3,(H,17,18). The van der Waals surface area contributed by atoms with Crippen LogP contribution in [-0.4, -0.2) is 35.9 Å². The molecule has 0 saturated carbocycles. The Hall–Kier alpha value is -1.88. The molecule has 0 fully saturated rings. The molecule has 1 aromatic heterocycles. The fourth-order valence-corrected chi connectivity index (χ4v) is 1.37. The Bertz CT molecular complexity index is 426. The molecule has 1 aromatic rings. The number of pyridine rings is 1. The summed E-state index contributed by atoms with van der Waals surface area (Å²) >= 11 is 0. The first kappa shape index (κ1) is 16.2. The zero-order valence-corrected chi connectivity index (χ0v) is 11.9. The maximum absolute atomic E-state index is 10.4. The van der Waals surface area contributed by atoms with Crippen LogP contribution in [0.1, 0.15) is 26.0 Å². The van der Waals surface area contributed by atoms with Gasteiger partial charge in [-0.2, -0.15) is 0 Å². The maximum atomic E-state index is 10.4. The molecule has 0 aliphatic rings. The summed E-state index contributed by atoms with van der Waals surface area (Å²) in [5.41, 5.74) is 0.577. The van der Waals surface area contributed by atoms with Crippen LogP contribution >= 0.6 is 0 Å². The molecule has 0 aliphatic heterocycles. The van der Waals surface area contributed by atoms with Gasteiger partial charge >= 0.3 is 5.97 Å². The van der Waals surface area contributed by atoms with Crippen molar-refractivity contribution in [2.45, 2.75) is 20.3 Å². The summed E-state index contributed by atoms with van der Waals surface area (Å²) in [6.45, 7) is 6.09. The zero-order chi connectivity index (χ0) is 14.8. The second-order valence-electron chi connectivity index (χ2n) is 4.73. The van der Waals surface area contributed by atoms with Crippen LogP contribution in [0.25, 0.3) is 6.08 Å². The quantitative estimate of drug-likeness (QED) is 0.556. The van der Waals surface area contributed by atoms with Crippen molar-refractivity contribution in [3.8, 4) is 5.75 Å². The summed E-state index contributed by atoms with van der Waals surface area (Å²) in [5, 5.41) is 8.50. The second kappa shape index (κ2) is 9.09. The van der Waals surface area contributed by atoms with E-state index in [1.807, 2.05) is 0 Å². The Balaban J connectivity index is 2.23. The van der Waals surface area contributed by atoms with Crippen LogP contribution in [0.2, 0.25) is 0 Å². The number of hydrogen-bond donors (Lipinski definition) is 1. The number of ether oxygens (including phenoxy) is 2. The number of aromatic nitrogens is 1. The first-order valence-electron chi connectivity index (χ1n) is 6.65. The van der Waals surface area contributed by atoms with Gasteiger partial charge in [0.15, 0.2) is 0 Å². The summed E-state index contributed by atoms with van der Waals surface area (Å²) < 4.78 is 10.9. The van der Waals surface area contributed by atoms with Gasteiger partial charge in [-0.1, -0.05) is 13.8 Å². The molecular weight excluding hydrogens is 258 g/mol. The Morgan fingerprint density at radius 3 is 2.75 bits per heavy atom. The predicted molar refractivity (Wildman–Crippen MR) is 76.7 cm³/mol. The highest BCUT2D eigenvalue weighted by Crippen LogP contribution is 2.10. The maximum Gasteiger partial charge on any atom is 0.328 e. The second-order valence-corrected chi connectivity index (χ2v) is 4.73. The van der Waals surface area contributed by atoms with E-state index in [0.29, 0.717) is 30.6 Å². The Morgan fingerprint density at radius 2 is 2.15 bits per heavy atom. The molecule has 1 N–H and O–H groups in total. The van der Waals surface area contributed by atoms with Gasteiger partial charge in [0, 0.05) is 12.7 Å². The van der Waals surface area contributed by atoms with Crippen molar-refractivity contribution in [3.05, 3.63) is 30.1 Å². The van der Waals surface area contributed by atoms with Gasteiger partial charge in [0.25, 0.3) is 0 Å². The first-order valence-corrected chi connectivity index (χ1v) is 6.65. The van der Waals surface area contributed by atoms with Gasteiger partial charge in [-0.05, 0) is 30.5 Å². The molecule has 0 aromatic carbocycles. The van der Waals surface area contributed by atoms with E-state index in [-0.39, 0.29) is 0 Å². The molecule has 0 unspecified atom stereocenters. The van der Waals surface area contributed by atoms with Gasteiger partial charge in [0.2, 0.25) is 0 Å². The van der Waals surface area contributed by atoms with Crippen molar-refractivity contribution in [2.24, 2.45) is 5.92 Å². The molecule has 0 spiro atoms. The highest BCUT2D eigenvalue weighted by atomic mass is 16.5. The first-order chi connectivity index (χ1) is 9.58. The van der Waals surface area contributed by atoms with Crippen LogP contribution < -0.4 is 4.74 Å². The lowest BCUT2D eigenvalue weighted by Gasteiger charge is -2.08. The number of carboxylic acids is 1. The van der Waals surface area contributed by atoms with Crippen molar-refractivity contribution in [2.75, 3.05) is 19.8 Å². The molecule has 0 atom stereocenters. The lowest BCUT2D eigenvalue weighted by molar-refractivity contribution is -0.131. The molecule has 20 heavy (non-hydrogen) atoms. The minimum absolute atomic E-state index is 0.476. The third-order valence-corrected chi connectivity index (χ3v) is 2.49. The smallest absolute Gasteiger partial charge is 0.328 e. The Labute approximate surface area is 119 Å². The molecule has 5 nitrogen and oxygen atoms in total. The summed E-state index contributed by atoms with van der Waals surface area (Å²) in [7, 11) is 0. The van der Waals surface area contributed by atoms with E-state index in [4.69, 9.17) is 14.6 Å². The van der Waals surface area contributed by atoms with Crippen molar-refractivity contribution in [1.29, 1.82) is 0 Å². The number of aliphatic carboxylic acids is 1. The average Bonchev–Trinajstić information content (AvgIpc) is 2.41. The van der Waals surface area contributed by atoms with Gasteiger partial charge in [-0.15, -0.1) is 0 Å². The third-order valence-electron chi connectivity index (χ3n) is 2.49. The molecule has 0 radical (unpaired) electrons. The van der Waals surface area contributed by atoms with E-state index >= 15 is 0 Å². The summed E-state index contributed by atoms with van der Waals surface area (Å²) in [6, 6.07) is 3.46. The minimum Gasteiger partial charge on any atom is -0.490 e. The van der Waals surface area contributed by atoms with Crippen LogP contribution in [-0.2, 0) is 9.53 Å². The van der Waals surface area contributed by atoms with Gasteiger partial charge in [-0.3, -0.25) is 4.98 Å². The Kier molecular flexibility index (Phi) is 7.35. The average molecular weight is 279 g/mol. The number of rotatable bonds is 9. The zero-order valence-electron chi connectivity index (χ0n) is 11.9. The van der Waals surface area contributed by atoms with E-state index in [2.05, 4.69) is 18.8 Å². The SMILES string of the molecule is CC(C)CCOCCOc1ccc(C=CC(=O)O)nc1. The molecule has 1 rings (SSSR count). The van der Waals surface area contributed by atoms with Crippen LogP contribution in [0.4, 0.5) is 0 Å². The van der Waals surface area contributed by atoms with Gasteiger partial charge < -0.3 is 14.6 Å². The molecule has 0 amide bonds. The molecular formula is C15H21NO4. The Morgan fingerprint density at radius 1 is 1.35 bits per heavy atom. The molecule has 110 valence electrons. The van der Waals surface area contributed by atoms with E-state index in [1.165, 1.54) is 6.08 Å². The summed E-state index contributed by atoms with van der Waals surface area (Å²) in [6.07, 6.45) is 5.09. The van der Waals surface area contributed by atoms with Gasteiger partial charge in [-0.25, -0.2) is 4.79 Å². The van der Waals surface area contributed by atoms with Crippen molar-refractivity contribution in [3.63, 3.8) is 0 Å². The fourth-order valence-electron chi connectivity index (χ4n) is 1.37. The van der Waals surface area contributed by atoms with E-state index in [0.717, 1.165) is 19.1 Å². The van der Waals surface area contributed by atoms with E-state index < -0.39 is 5.97 Å². The van der Waals surface area contributed by atoms with Crippen LogP contribution in [0, 0.1) is 5.92 Å².